The Balaban J connectivity index is 1.84. The number of anilines is 2. The number of amides is 1. The highest BCUT2D eigenvalue weighted by Crippen LogP contribution is 2.25. The van der Waals surface area contributed by atoms with Gasteiger partial charge in [-0.3, -0.25) is 9.52 Å². The second kappa shape index (κ2) is 8.36. The van der Waals surface area contributed by atoms with Crippen molar-refractivity contribution in [1.29, 1.82) is 0 Å². The Morgan fingerprint density at radius 2 is 1.69 bits per heavy atom. The average Bonchev–Trinajstić information content (AvgIpc) is 2.70. The van der Waals surface area contributed by atoms with Gasteiger partial charge in [0.15, 0.2) is 0 Å². The minimum atomic E-state index is -3.78. The van der Waals surface area contributed by atoms with Gasteiger partial charge in [-0.25, -0.2) is 8.42 Å². The molecule has 29 heavy (non-hydrogen) atoms. The number of hydrogen-bond acceptors (Lipinski definition) is 4. The van der Waals surface area contributed by atoms with Crippen molar-refractivity contribution >= 4 is 27.3 Å². The third-order valence-corrected chi connectivity index (χ3v) is 5.89. The van der Waals surface area contributed by atoms with E-state index in [2.05, 4.69) is 10.0 Å². The lowest BCUT2D eigenvalue weighted by atomic mass is 10.2. The van der Waals surface area contributed by atoms with Gasteiger partial charge in [-0.1, -0.05) is 30.3 Å². The van der Waals surface area contributed by atoms with E-state index in [1.165, 1.54) is 13.2 Å². The van der Waals surface area contributed by atoms with Crippen molar-refractivity contribution in [2.75, 3.05) is 17.1 Å². The van der Waals surface area contributed by atoms with Crippen LogP contribution in [0.3, 0.4) is 0 Å². The molecule has 1 amide bonds. The highest BCUT2D eigenvalue weighted by atomic mass is 32.2. The van der Waals surface area contributed by atoms with Gasteiger partial charge in [0.05, 0.1) is 17.7 Å². The number of para-hydroxylation sites is 2. The first-order valence-electron chi connectivity index (χ1n) is 8.94. The molecule has 3 aromatic carbocycles. The van der Waals surface area contributed by atoms with Crippen LogP contribution >= 0.6 is 0 Å². The van der Waals surface area contributed by atoms with Gasteiger partial charge < -0.3 is 10.1 Å². The van der Waals surface area contributed by atoms with Crippen molar-refractivity contribution in [2.24, 2.45) is 0 Å². The van der Waals surface area contributed by atoms with Gasteiger partial charge in [0, 0.05) is 11.3 Å². The van der Waals surface area contributed by atoms with E-state index in [0.717, 1.165) is 5.56 Å². The van der Waals surface area contributed by atoms with Crippen molar-refractivity contribution in [3.63, 3.8) is 0 Å². The predicted octanol–water partition coefficient (Wildman–Crippen LogP) is 4.37. The van der Waals surface area contributed by atoms with Crippen molar-refractivity contribution in [3.05, 3.63) is 83.4 Å². The number of methoxy groups -OCH3 is 1. The Labute approximate surface area is 170 Å². The van der Waals surface area contributed by atoms with Crippen molar-refractivity contribution in [1.82, 2.24) is 0 Å². The summed E-state index contributed by atoms with van der Waals surface area (Å²) in [6, 6.07) is 18.6. The summed E-state index contributed by atoms with van der Waals surface area (Å²) in [5.74, 6) is 0.162. The van der Waals surface area contributed by atoms with E-state index in [-0.39, 0.29) is 10.8 Å². The van der Waals surface area contributed by atoms with Gasteiger partial charge >= 0.3 is 0 Å². The Morgan fingerprint density at radius 3 is 2.45 bits per heavy atom. The minimum absolute atomic E-state index is 0.210. The van der Waals surface area contributed by atoms with E-state index in [1.54, 1.807) is 61.5 Å². The van der Waals surface area contributed by atoms with Gasteiger partial charge in [-0.15, -0.1) is 0 Å². The number of sulfonamides is 1. The molecular weight excluding hydrogens is 388 g/mol. The van der Waals surface area contributed by atoms with Crippen LogP contribution in [0.4, 0.5) is 11.4 Å². The number of carbonyl (C=O) groups excluding carboxylic acids is 1. The molecule has 0 atom stereocenters. The Hall–Kier alpha value is -3.32. The molecule has 3 aromatic rings. The maximum absolute atomic E-state index is 12.8. The molecule has 7 heteroatoms. The Kier molecular flexibility index (Phi) is 5.89. The maximum Gasteiger partial charge on any atom is 0.262 e. The van der Waals surface area contributed by atoms with E-state index in [9.17, 15) is 13.2 Å². The van der Waals surface area contributed by atoms with Crippen LogP contribution in [-0.4, -0.2) is 21.4 Å². The summed E-state index contributed by atoms with van der Waals surface area (Å²) < 4.78 is 33.4. The zero-order valence-electron chi connectivity index (χ0n) is 16.4. The van der Waals surface area contributed by atoms with Crippen molar-refractivity contribution in [2.45, 2.75) is 18.7 Å². The smallest absolute Gasteiger partial charge is 0.262 e. The highest BCUT2D eigenvalue weighted by molar-refractivity contribution is 7.92. The molecule has 0 spiro atoms. The van der Waals surface area contributed by atoms with E-state index in [4.69, 9.17) is 4.74 Å². The van der Waals surface area contributed by atoms with Crippen LogP contribution in [0.2, 0.25) is 0 Å². The lowest BCUT2D eigenvalue weighted by Crippen LogP contribution is -2.16. The summed E-state index contributed by atoms with van der Waals surface area (Å²) >= 11 is 0. The van der Waals surface area contributed by atoms with Crippen LogP contribution < -0.4 is 14.8 Å². The topological polar surface area (TPSA) is 84.5 Å². The molecular formula is C22H22N2O4S. The molecule has 0 aliphatic carbocycles. The first-order valence-corrected chi connectivity index (χ1v) is 10.4. The van der Waals surface area contributed by atoms with Crippen LogP contribution in [0.15, 0.2) is 71.6 Å². The predicted molar refractivity (Wildman–Crippen MR) is 114 cm³/mol. The SMILES string of the molecule is COc1ccccc1NC(=O)c1cccc(NS(=O)(=O)c2cc(C)ccc2C)c1. The van der Waals surface area contributed by atoms with Crippen LogP contribution in [-0.2, 0) is 10.0 Å². The molecule has 2 N–H and O–H groups in total. The number of benzene rings is 3. The molecule has 0 fully saturated rings. The summed E-state index contributed by atoms with van der Waals surface area (Å²) in [5.41, 5.74) is 2.64. The molecule has 6 nitrogen and oxygen atoms in total. The van der Waals surface area contributed by atoms with Crippen LogP contribution in [0.5, 0.6) is 5.75 Å². The number of nitrogens with one attached hydrogen (secondary N) is 2. The number of aryl methyl sites for hydroxylation is 2. The fourth-order valence-corrected chi connectivity index (χ4v) is 4.25. The molecule has 0 bridgehead atoms. The zero-order valence-corrected chi connectivity index (χ0v) is 17.2. The summed E-state index contributed by atoms with van der Waals surface area (Å²) in [6.07, 6.45) is 0. The van der Waals surface area contributed by atoms with E-state index >= 15 is 0 Å². The summed E-state index contributed by atoms with van der Waals surface area (Å²) in [6.45, 7) is 3.58. The molecule has 0 aliphatic heterocycles. The number of hydrogen-bond donors (Lipinski definition) is 2. The molecule has 0 radical (unpaired) electrons. The summed E-state index contributed by atoms with van der Waals surface area (Å²) in [5, 5.41) is 2.77. The fourth-order valence-electron chi connectivity index (χ4n) is 2.87. The largest absolute Gasteiger partial charge is 0.495 e. The second-order valence-corrected chi connectivity index (χ2v) is 8.26. The van der Waals surface area contributed by atoms with Crippen LogP contribution in [0, 0.1) is 13.8 Å². The lowest BCUT2D eigenvalue weighted by molar-refractivity contribution is 0.102. The molecule has 0 heterocycles. The van der Waals surface area contributed by atoms with E-state index in [1.807, 2.05) is 13.0 Å². The van der Waals surface area contributed by atoms with Crippen molar-refractivity contribution < 1.29 is 17.9 Å². The Morgan fingerprint density at radius 1 is 0.931 bits per heavy atom. The highest BCUT2D eigenvalue weighted by Gasteiger charge is 2.18. The summed E-state index contributed by atoms with van der Waals surface area (Å²) in [4.78, 5) is 12.8. The standard InChI is InChI=1S/C22H22N2O4S/c1-15-11-12-16(2)21(13-15)29(26,27)24-18-8-6-7-17(14-18)22(25)23-19-9-4-5-10-20(19)28-3/h4-14,24H,1-3H3,(H,23,25). The third kappa shape index (κ3) is 4.75. The number of ether oxygens (including phenoxy) is 1. The molecule has 0 aliphatic rings. The monoisotopic (exact) mass is 410 g/mol. The van der Waals surface area contributed by atoms with Crippen molar-refractivity contribution in [3.8, 4) is 5.75 Å². The van der Waals surface area contributed by atoms with Gasteiger partial charge in [0.2, 0.25) is 0 Å². The molecule has 0 unspecified atom stereocenters. The quantitative estimate of drug-likeness (QED) is 0.632. The van der Waals surface area contributed by atoms with Crippen LogP contribution in [0.25, 0.3) is 0 Å². The maximum atomic E-state index is 12.8. The number of rotatable bonds is 6. The Bertz CT molecular complexity index is 1160. The molecule has 3 rings (SSSR count). The lowest BCUT2D eigenvalue weighted by Gasteiger charge is -2.13. The first kappa shape index (κ1) is 20.4. The van der Waals surface area contributed by atoms with E-state index in [0.29, 0.717) is 28.3 Å². The van der Waals surface area contributed by atoms with E-state index < -0.39 is 10.0 Å². The first-order chi connectivity index (χ1) is 13.8. The second-order valence-electron chi connectivity index (χ2n) is 6.61. The zero-order chi connectivity index (χ0) is 21.0. The molecule has 150 valence electrons. The van der Waals surface area contributed by atoms with Gasteiger partial charge in [0.1, 0.15) is 5.75 Å². The normalized spacial score (nSPS) is 11.0. The third-order valence-electron chi connectivity index (χ3n) is 4.37. The molecule has 0 aromatic heterocycles. The van der Waals surface area contributed by atoms with Gasteiger partial charge in [0.25, 0.3) is 15.9 Å². The minimum Gasteiger partial charge on any atom is -0.495 e. The fraction of sp³-hybridized carbons (Fsp3) is 0.136. The van der Waals surface area contributed by atoms with Gasteiger partial charge in [-0.2, -0.15) is 0 Å². The average molecular weight is 410 g/mol. The molecule has 0 saturated carbocycles. The molecule has 0 saturated heterocycles. The number of carbonyl (C=O) groups is 1. The summed E-state index contributed by atoms with van der Waals surface area (Å²) in [7, 11) is -2.26. The van der Waals surface area contributed by atoms with Crippen LogP contribution in [0.1, 0.15) is 21.5 Å². The van der Waals surface area contributed by atoms with Gasteiger partial charge in [-0.05, 0) is 61.4 Å².